The molecule has 0 aromatic rings. The first-order valence-corrected chi connectivity index (χ1v) is 12.5. The lowest BCUT2D eigenvalue weighted by Gasteiger charge is -2.39. The zero-order chi connectivity index (χ0) is 21.0. The van der Waals surface area contributed by atoms with Crippen LogP contribution in [0.15, 0.2) is 12.2 Å². The summed E-state index contributed by atoms with van der Waals surface area (Å²) in [7, 11) is -2.21. The van der Waals surface area contributed by atoms with E-state index in [1.54, 1.807) is 20.8 Å². The van der Waals surface area contributed by atoms with Crippen molar-refractivity contribution in [3.05, 3.63) is 12.2 Å². The Hall–Kier alpha value is -1.18. The topological polar surface area (TPSA) is 65.1 Å². The van der Waals surface area contributed by atoms with Gasteiger partial charge in [-0.15, -0.1) is 0 Å². The molecule has 2 amide bonds. The molecule has 0 bridgehead atoms. The predicted octanol–water partition coefficient (Wildman–Crippen LogP) is 4.51. The van der Waals surface area contributed by atoms with Gasteiger partial charge in [-0.2, -0.15) is 0 Å². The van der Waals surface area contributed by atoms with E-state index in [4.69, 9.17) is 13.9 Å². The Morgan fingerprint density at radius 3 is 2.30 bits per heavy atom. The molecule has 1 rings (SSSR count). The van der Waals surface area contributed by atoms with Crippen LogP contribution in [0, 0.1) is 0 Å². The van der Waals surface area contributed by atoms with Gasteiger partial charge < -0.3 is 13.9 Å². The van der Waals surface area contributed by atoms with E-state index in [1.165, 1.54) is 4.90 Å². The quantitative estimate of drug-likeness (QED) is 0.514. The molecule has 0 aliphatic carbocycles. The van der Waals surface area contributed by atoms with Gasteiger partial charge >= 0.3 is 6.09 Å². The van der Waals surface area contributed by atoms with E-state index in [0.717, 1.165) is 0 Å². The fraction of sp³-hybridized carbons (Fsp3) is 0.800. The van der Waals surface area contributed by atoms with Crippen molar-refractivity contribution in [2.75, 3.05) is 13.2 Å². The molecule has 6 nitrogen and oxygen atoms in total. The zero-order valence-electron chi connectivity index (χ0n) is 18.4. The van der Waals surface area contributed by atoms with Crippen molar-refractivity contribution in [1.29, 1.82) is 0 Å². The molecule has 2 unspecified atom stereocenters. The number of rotatable bonds is 4. The average Bonchev–Trinajstić information content (AvgIpc) is 2.61. The highest BCUT2D eigenvalue weighted by Crippen LogP contribution is 2.38. The summed E-state index contributed by atoms with van der Waals surface area (Å²) in [4.78, 5) is 27.3. The first-order chi connectivity index (χ1) is 12.2. The second-order valence-electron chi connectivity index (χ2n) is 9.55. The van der Waals surface area contributed by atoms with E-state index in [9.17, 15) is 9.59 Å². The van der Waals surface area contributed by atoms with Gasteiger partial charge in [-0.1, -0.05) is 32.9 Å². The standard InChI is InChI=1S/C20H37NO5Si/c1-10-11-12-15-13-24-14-16(26-27(8,9)20(5,6)7)17(22)21(15)18(23)25-19(2,3)4/h10-11,15-16H,12-14H2,1-9H3. The third kappa shape index (κ3) is 6.73. The van der Waals surface area contributed by atoms with Crippen LogP contribution < -0.4 is 0 Å². The lowest BCUT2D eigenvalue weighted by molar-refractivity contribution is -0.139. The monoisotopic (exact) mass is 399 g/mol. The highest BCUT2D eigenvalue weighted by Gasteiger charge is 2.45. The second kappa shape index (κ2) is 8.88. The molecular formula is C20H37NO5Si. The lowest BCUT2D eigenvalue weighted by Crippen LogP contribution is -2.54. The third-order valence-electron chi connectivity index (χ3n) is 4.93. The molecule has 0 spiro atoms. The molecule has 27 heavy (non-hydrogen) atoms. The highest BCUT2D eigenvalue weighted by atomic mass is 28.4. The van der Waals surface area contributed by atoms with E-state index in [2.05, 4.69) is 33.9 Å². The fourth-order valence-corrected chi connectivity index (χ4v) is 3.66. The van der Waals surface area contributed by atoms with Crippen LogP contribution in [0.5, 0.6) is 0 Å². The van der Waals surface area contributed by atoms with Gasteiger partial charge in [0.2, 0.25) is 0 Å². The zero-order valence-corrected chi connectivity index (χ0v) is 19.4. The van der Waals surface area contributed by atoms with Gasteiger partial charge in [0.1, 0.15) is 11.7 Å². The van der Waals surface area contributed by atoms with E-state index < -0.39 is 32.2 Å². The van der Waals surface area contributed by atoms with Crippen molar-refractivity contribution < 1.29 is 23.5 Å². The molecule has 1 fully saturated rings. The van der Waals surface area contributed by atoms with Crippen LogP contribution in [0.2, 0.25) is 18.1 Å². The molecule has 1 aliphatic heterocycles. The van der Waals surface area contributed by atoms with Gasteiger partial charge in [0, 0.05) is 0 Å². The third-order valence-corrected chi connectivity index (χ3v) is 9.42. The van der Waals surface area contributed by atoms with E-state index in [1.807, 2.05) is 19.1 Å². The summed E-state index contributed by atoms with van der Waals surface area (Å²) in [6, 6.07) is -0.406. The molecule has 0 saturated carbocycles. The van der Waals surface area contributed by atoms with Crippen molar-refractivity contribution in [3.63, 3.8) is 0 Å². The number of nitrogens with zero attached hydrogens (tertiary/aromatic N) is 1. The van der Waals surface area contributed by atoms with E-state index >= 15 is 0 Å². The van der Waals surface area contributed by atoms with Crippen molar-refractivity contribution in [2.45, 2.75) is 90.8 Å². The Labute approximate surface area is 165 Å². The van der Waals surface area contributed by atoms with Gasteiger partial charge in [-0.05, 0) is 52.2 Å². The van der Waals surface area contributed by atoms with Crippen molar-refractivity contribution in [3.8, 4) is 0 Å². The maximum Gasteiger partial charge on any atom is 0.417 e. The number of ether oxygens (including phenoxy) is 2. The molecule has 1 heterocycles. The van der Waals surface area contributed by atoms with Gasteiger partial charge in [-0.3, -0.25) is 4.79 Å². The number of carbonyl (C=O) groups is 2. The van der Waals surface area contributed by atoms with Crippen molar-refractivity contribution in [1.82, 2.24) is 4.90 Å². The Morgan fingerprint density at radius 2 is 1.81 bits per heavy atom. The van der Waals surface area contributed by atoms with Gasteiger partial charge in [-0.25, -0.2) is 9.69 Å². The normalized spacial score (nSPS) is 22.9. The molecular weight excluding hydrogens is 362 g/mol. The Balaban J connectivity index is 3.16. The lowest BCUT2D eigenvalue weighted by atomic mass is 10.1. The first-order valence-electron chi connectivity index (χ1n) is 9.62. The van der Waals surface area contributed by atoms with Crippen LogP contribution in [-0.2, 0) is 18.7 Å². The van der Waals surface area contributed by atoms with E-state index in [0.29, 0.717) is 6.42 Å². The number of imide groups is 1. The molecule has 0 radical (unpaired) electrons. The molecule has 1 saturated heterocycles. The highest BCUT2D eigenvalue weighted by molar-refractivity contribution is 6.74. The summed E-state index contributed by atoms with van der Waals surface area (Å²) in [6.45, 7) is 18.2. The summed E-state index contributed by atoms with van der Waals surface area (Å²) >= 11 is 0. The predicted molar refractivity (Wildman–Crippen MR) is 109 cm³/mol. The molecule has 0 aromatic heterocycles. The van der Waals surface area contributed by atoms with Crippen LogP contribution in [-0.4, -0.2) is 56.2 Å². The maximum atomic E-state index is 13.3. The molecule has 2 atom stereocenters. The molecule has 0 aromatic carbocycles. The van der Waals surface area contributed by atoms with Crippen LogP contribution in [0.3, 0.4) is 0 Å². The van der Waals surface area contributed by atoms with Crippen LogP contribution in [0.4, 0.5) is 4.79 Å². The number of hydrogen-bond acceptors (Lipinski definition) is 5. The van der Waals surface area contributed by atoms with E-state index in [-0.39, 0.29) is 24.2 Å². The minimum absolute atomic E-state index is 0.0549. The second-order valence-corrected chi connectivity index (χ2v) is 14.3. The summed E-state index contributed by atoms with van der Waals surface area (Å²) in [5, 5.41) is -0.0549. The van der Waals surface area contributed by atoms with Gasteiger partial charge in [0.05, 0.1) is 19.3 Å². The summed E-state index contributed by atoms with van der Waals surface area (Å²) in [5.41, 5.74) is -0.689. The SMILES string of the molecule is CC=CCC1COCC(O[Si](C)(C)C(C)(C)C)C(=O)N1C(=O)OC(C)(C)C. The molecule has 7 heteroatoms. The van der Waals surface area contributed by atoms with Crippen LogP contribution in [0.25, 0.3) is 0 Å². The Kier molecular flexibility index (Phi) is 7.85. The van der Waals surface area contributed by atoms with Crippen LogP contribution >= 0.6 is 0 Å². The molecule has 156 valence electrons. The number of carbonyl (C=O) groups excluding carboxylic acids is 2. The van der Waals surface area contributed by atoms with Gasteiger partial charge in [0.15, 0.2) is 8.32 Å². The largest absolute Gasteiger partial charge is 0.443 e. The minimum atomic E-state index is -2.21. The van der Waals surface area contributed by atoms with Crippen molar-refractivity contribution in [2.24, 2.45) is 0 Å². The van der Waals surface area contributed by atoms with Crippen LogP contribution in [0.1, 0.15) is 54.9 Å². The number of amides is 2. The molecule has 1 aliphatic rings. The minimum Gasteiger partial charge on any atom is -0.443 e. The number of allylic oxidation sites excluding steroid dienone is 1. The summed E-state index contributed by atoms with van der Waals surface area (Å²) in [5.74, 6) is -0.374. The summed E-state index contributed by atoms with van der Waals surface area (Å²) < 4.78 is 17.5. The maximum absolute atomic E-state index is 13.3. The Bertz CT molecular complexity index is 560. The van der Waals surface area contributed by atoms with Gasteiger partial charge in [0.25, 0.3) is 5.91 Å². The summed E-state index contributed by atoms with van der Waals surface area (Å²) in [6.07, 6.45) is 2.90. The molecule has 0 N–H and O–H groups in total. The fourth-order valence-electron chi connectivity index (χ4n) is 2.43. The van der Waals surface area contributed by atoms with Crippen molar-refractivity contribution >= 4 is 20.3 Å². The first kappa shape index (κ1) is 23.9. The average molecular weight is 400 g/mol. The number of hydrogen-bond donors (Lipinski definition) is 0. The smallest absolute Gasteiger partial charge is 0.417 e. The Morgan fingerprint density at radius 1 is 1.22 bits per heavy atom.